The van der Waals surface area contributed by atoms with Gasteiger partial charge in [0.2, 0.25) is 11.9 Å². The molecule has 0 spiro atoms. The van der Waals surface area contributed by atoms with Gasteiger partial charge in [-0.3, -0.25) is 9.59 Å². The fourth-order valence-corrected chi connectivity index (χ4v) is 2.81. The lowest BCUT2D eigenvalue weighted by atomic mass is 10.2. The summed E-state index contributed by atoms with van der Waals surface area (Å²) in [6.45, 7) is 1.82. The van der Waals surface area contributed by atoms with Crippen LogP contribution in [0.25, 0.3) is 0 Å². The quantitative estimate of drug-likeness (QED) is 0.331. The van der Waals surface area contributed by atoms with E-state index in [2.05, 4.69) is 25.6 Å². The van der Waals surface area contributed by atoms with E-state index in [4.69, 9.17) is 10.5 Å². The molecule has 0 saturated heterocycles. The number of rotatable bonds is 9. The molecule has 1 amide bonds. The third-order valence-electron chi connectivity index (χ3n) is 4.47. The zero-order chi connectivity index (χ0) is 23.8. The Morgan fingerprint density at radius 2 is 1.88 bits per heavy atom. The van der Waals surface area contributed by atoms with Gasteiger partial charge in [-0.1, -0.05) is 18.2 Å². The number of ether oxygens (including phenoxy) is 1. The first kappa shape index (κ1) is 23.5. The van der Waals surface area contributed by atoms with Crippen LogP contribution in [0.1, 0.15) is 34.6 Å². The number of aryl methyl sites for hydroxylation is 1. The maximum Gasteiger partial charge on any atom is 0.306 e. The van der Waals surface area contributed by atoms with Gasteiger partial charge in [0.15, 0.2) is 12.4 Å². The van der Waals surface area contributed by atoms with Gasteiger partial charge in [0.25, 0.3) is 5.91 Å². The summed E-state index contributed by atoms with van der Waals surface area (Å²) >= 11 is 0. The highest BCUT2D eigenvalue weighted by molar-refractivity contribution is 5.94. The van der Waals surface area contributed by atoms with Gasteiger partial charge in [0.05, 0.1) is 5.56 Å². The van der Waals surface area contributed by atoms with Crippen LogP contribution in [0.15, 0.2) is 42.5 Å². The number of anilines is 3. The van der Waals surface area contributed by atoms with Crippen LogP contribution in [0.2, 0.25) is 0 Å². The number of carbonyl (C=O) groups excluding carboxylic acids is 2. The molecule has 3 rings (SSSR count). The van der Waals surface area contributed by atoms with Gasteiger partial charge < -0.3 is 21.1 Å². The molecule has 1 heterocycles. The number of benzene rings is 2. The molecule has 1 aromatic heterocycles. The molecule has 3 aromatic rings. The van der Waals surface area contributed by atoms with Crippen molar-refractivity contribution in [1.29, 1.82) is 0 Å². The van der Waals surface area contributed by atoms with Crippen molar-refractivity contribution in [2.75, 3.05) is 17.6 Å². The third kappa shape index (κ3) is 6.92. The van der Waals surface area contributed by atoms with Gasteiger partial charge in [0.1, 0.15) is 11.6 Å². The van der Waals surface area contributed by atoms with E-state index < -0.39 is 23.5 Å². The molecule has 0 unspecified atom stereocenters. The number of nitrogen functional groups attached to an aromatic ring is 1. The second-order valence-corrected chi connectivity index (χ2v) is 7.02. The molecule has 4 N–H and O–H groups in total. The summed E-state index contributed by atoms with van der Waals surface area (Å²) in [6.07, 6.45) is 0.258. The van der Waals surface area contributed by atoms with E-state index >= 15 is 0 Å². The average Bonchev–Trinajstić information content (AvgIpc) is 2.76. The number of aromatic nitrogens is 3. The molecular weight excluding hydrogens is 434 g/mol. The fraction of sp³-hybridized carbons (Fsp3) is 0.227. The van der Waals surface area contributed by atoms with E-state index in [0.717, 1.165) is 23.4 Å². The normalized spacial score (nSPS) is 10.5. The predicted molar refractivity (Wildman–Crippen MR) is 116 cm³/mol. The number of nitrogens with one attached hydrogen (secondary N) is 2. The molecule has 172 valence electrons. The van der Waals surface area contributed by atoms with Crippen LogP contribution in [-0.4, -0.2) is 33.4 Å². The second kappa shape index (κ2) is 10.9. The van der Waals surface area contributed by atoms with Crippen molar-refractivity contribution in [1.82, 2.24) is 20.3 Å². The number of nitrogens with zero attached hydrogens (tertiary/aromatic N) is 3. The van der Waals surface area contributed by atoms with Crippen LogP contribution >= 0.6 is 0 Å². The zero-order valence-electron chi connectivity index (χ0n) is 17.8. The van der Waals surface area contributed by atoms with E-state index in [-0.39, 0.29) is 49.3 Å². The van der Waals surface area contributed by atoms with E-state index in [1.165, 1.54) is 0 Å². The Morgan fingerprint density at radius 1 is 1.09 bits per heavy atom. The Bertz CT molecular complexity index is 1160. The van der Waals surface area contributed by atoms with Crippen molar-refractivity contribution in [3.8, 4) is 0 Å². The van der Waals surface area contributed by atoms with Crippen LogP contribution in [0.4, 0.5) is 26.4 Å². The monoisotopic (exact) mass is 456 g/mol. The number of hydrogen-bond acceptors (Lipinski definition) is 8. The molecule has 9 nitrogen and oxygen atoms in total. The molecule has 0 saturated carbocycles. The van der Waals surface area contributed by atoms with E-state index in [9.17, 15) is 18.4 Å². The van der Waals surface area contributed by atoms with E-state index in [1.54, 1.807) is 0 Å². The standard InChI is InChI=1S/C22H22F2N6O3/c1-13-5-2-3-6-17(13)27-22-29-18(28-21(25)30-22)12-33-19(31)7-4-10-26-20(32)15-9-8-14(23)11-16(15)24/h2-3,5-6,8-9,11H,4,7,10,12H2,1H3,(H,26,32)(H3,25,27,28,29,30). The van der Waals surface area contributed by atoms with Crippen LogP contribution < -0.4 is 16.4 Å². The number of amides is 1. The Balaban J connectivity index is 1.44. The minimum absolute atomic E-state index is 0.00105. The molecular formula is C22H22F2N6O3. The number of halogens is 2. The third-order valence-corrected chi connectivity index (χ3v) is 4.47. The number of carbonyl (C=O) groups is 2. The molecule has 33 heavy (non-hydrogen) atoms. The van der Waals surface area contributed by atoms with Gasteiger partial charge in [-0.15, -0.1) is 0 Å². The van der Waals surface area contributed by atoms with Gasteiger partial charge in [-0.2, -0.15) is 15.0 Å². The van der Waals surface area contributed by atoms with Crippen molar-refractivity contribution in [2.45, 2.75) is 26.4 Å². The lowest BCUT2D eigenvalue weighted by Crippen LogP contribution is -2.26. The molecule has 0 aliphatic heterocycles. The Kier molecular flexibility index (Phi) is 7.79. The maximum absolute atomic E-state index is 13.6. The van der Waals surface area contributed by atoms with Crippen molar-refractivity contribution < 1.29 is 23.1 Å². The minimum atomic E-state index is -0.959. The van der Waals surface area contributed by atoms with Crippen molar-refractivity contribution in [3.05, 3.63) is 71.1 Å². The van der Waals surface area contributed by atoms with Crippen molar-refractivity contribution in [2.24, 2.45) is 0 Å². The molecule has 0 aliphatic carbocycles. The first-order valence-corrected chi connectivity index (χ1v) is 10.0. The fourth-order valence-electron chi connectivity index (χ4n) is 2.81. The molecule has 0 bridgehead atoms. The van der Waals surface area contributed by atoms with Gasteiger partial charge in [-0.05, 0) is 37.1 Å². The summed E-state index contributed by atoms with van der Waals surface area (Å²) in [5.74, 6) is -2.60. The highest BCUT2D eigenvalue weighted by atomic mass is 19.1. The number of para-hydroxylation sites is 1. The zero-order valence-corrected chi connectivity index (χ0v) is 17.8. The minimum Gasteiger partial charge on any atom is -0.457 e. The van der Waals surface area contributed by atoms with Gasteiger partial charge >= 0.3 is 5.97 Å². The van der Waals surface area contributed by atoms with Gasteiger partial charge in [0, 0.05) is 24.7 Å². The van der Waals surface area contributed by atoms with E-state index in [0.29, 0.717) is 6.07 Å². The lowest BCUT2D eigenvalue weighted by molar-refractivity contribution is -0.145. The molecule has 0 radical (unpaired) electrons. The largest absolute Gasteiger partial charge is 0.457 e. The molecule has 11 heteroatoms. The van der Waals surface area contributed by atoms with Crippen LogP contribution in [0, 0.1) is 18.6 Å². The highest BCUT2D eigenvalue weighted by Crippen LogP contribution is 2.18. The van der Waals surface area contributed by atoms with Crippen molar-refractivity contribution >= 4 is 29.5 Å². The van der Waals surface area contributed by atoms with Crippen LogP contribution in [0.3, 0.4) is 0 Å². The van der Waals surface area contributed by atoms with Crippen molar-refractivity contribution in [3.63, 3.8) is 0 Å². The summed E-state index contributed by atoms with van der Waals surface area (Å²) in [5, 5.41) is 5.51. The van der Waals surface area contributed by atoms with Crippen LogP contribution in [-0.2, 0) is 16.1 Å². The summed E-state index contributed by atoms with van der Waals surface area (Å²) in [7, 11) is 0. The maximum atomic E-state index is 13.6. The SMILES string of the molecule is Cc1ccccc1Nc1nc(N)nc(COC(=O)CCCNC(=O)c2ccc(F)cc2F)n1. The molecule has 2 aromatic carbocycles. The lowest BCUT2D eigenvalue weighted by Gasteiger charge is -2.10. The predicted octanol–water partition coefficient (Wildman–Crippen LogP) is 3.04. The first-order valence-electron chi connectivity index (χ1n) is 10.0. The Labute approximate surface area is 188 Å². The first-order chi connectivity index (χ1) is 15.8. The molecule has 0 aliphatic rings. The number of hydrogen-bond donors (Lipinski definition) is 3. The van der Waals surface area contributed by atoms with Gasteiger partial charge in [-0.25, -0.2) is 8.78 Å². The Hall–Kier alpha value is -4.15. The summed E-state index contributed by atoms with van der Waals surface area (Å²) in [5.41, 5.74) is 7.23. The van der Waals surface area contributed by atoms with E-state index in [1.807, 2.05) is 31.2 Å². The summed E-state index contributed by atoms with van der Waals surface area (Å²) in [6, 6.07) is 10.2. The van der Waals surface area contributed by atoms with Crippen LogP contribution in [0.5, 0.6) is 0 Å². The number of nitrogens with two attached hydrogens (primary N) is 1. The topological polar surface area (TPSA) is 132 Å². The number of esters is 1. The second-order valence-electron chi connectivity index (χ2n) is 7.02. The summed E-state index contributed by atoms with van der Waals surface area (Å²) in [4.78, 5) is 36.1. The Morgan fingerprint density at radius 3 is 2.64 bits per heavy atom. The average molecular weight is 456 g/mol. The molecule has 0 atom stereocenters. The molecule has 0 fully saturated rings. The summed E-state index contributed by atoms with van der Waals surface area (Å²) < 4.78 is 31.7. The highest BCUT2D eigenvalue weighted by Gasteiger charge is 2.13. The smallest absolute Gasteiger partial charge is 0.306 e.